The van der Waals surface area contributed by atoms with Crippen molar-refractivity contribution >= 4 is 0 Å². The van der Waals surface area contributed by atoms with E-state index >= 15 is 0 Å². The second kappa shape index (κ2) is 6.58. The molecule has 1 aromatic rings. The number of nitrogens with one attached hydrogen (secondary N) is 1. The van der Waals surface area contributed by atoms with Gasteiger partial charge in [-0.2, -0.15) is 0 Å². The Hall–Kier alpha value is -0.800. The van der Waals surface area contributed by atoms with Gasteiger partial charge in [0.2, 0.25) is 0 Å². The van der Waals surface area contributed by atoms with Crippen LogP contribution in [0.15, 0.2) is 22.8 Å². The quantitative estimate of drug-likeness (QED) is 0.850. The van der Waals surface area contributed by atoms with E-state index in [4.69, 9.17) is 9.15 Å². The molecule has 1 saturated carbocycles. The van der Waals surface area contributed by atoms with E-state index in [1.54, 1.807) is 6.26 Å². The van der Waals surface area contributed by atoms with Gasteiger partial charge in [-0.05, 0) is 50.2 Å². The highest BCUT2D eigenvalue weighted by atomic mass is 16.5. The van der Waals surface area contributed by atoms with Crippen molar-refractivity contribution in [3.8, 4) is 0 Å². The van der Waals surface area contributed by atoms with Crippen LogP contribution in [0.5, 0.6) is 0 Å². The van der Waals surface area contributed by atoms with Crippen LogP contribution in [0.4, 0.5) is 0 Å². The van der Waals surface area contributed by atoms with Gasteiger partial charge in [0.15, 0.2) is 0 Å². The predicted molar refractivity (Wildman–Crippen MR) is 77.0 cm³/mol. The molecule has 19 heavy (non-hydrogen) atoms. The Labute approximate surface area is 116 Å². The van der Waals surface area contributed by atoms with E-state index in [2.05, 4.69) is 26.1 Å². The van der Waals surface area contributed by atoms with Gasteiger partial charge in [-0.1, -0.05) is 13.8 Å². The fraction of sp³-hybridized carbons (Fsp3) is 0.750. The standard InChI is InChI=1S/C16H27NO2/c1-13(11-17-12-15-5-4-10-18-15)19-14-6-8-16(2,3)9-7-14/h4-5,10,13-14,17H,6-9,11-12H2,1-3H3. The second-order valence-corrected chi connectivity index (χ2v) is 6.52. The molecule has 0 radical (unpaired) electrons. The SMILES string of the molecule is CC(CNCc1ccco1)OC1CCC(C)(C)CC1. The minimum Gasteiger partial charge on any atom is -0.468 e. The van der Waals surface area contributed by atoms with Gasteiger partial charge in [0.25, 0.3) is 0 Å². The summed E-state index contributed by atoms with van der Waals surface area (Å²) in [6.45, 7) is 8.52. The molecule has 108 valence electrons. The van der Waals surface area contributed by atoms with Crippen LogP contribution >= 0.6 is 0 Å². The van der Waals surface area contributed by atoms with Crippen LogP contribution in [0.25, 0.3) is 0 Å². The van der Waals surface area contributed by atoms with E-state index < -0.39 is 0 Å². The minimum absolute atomic E-state index is 0.265. The molecule has 1 atom stereocenters. The van der Waals surface area contributed by atoms with E-state index in [9.17, 15) is 0 Å². The number of furan rings is 1. The van der Waals surface area contributed by atoms with Crippen molar-refractivity contribution in [1.82, 2.24) is 5.32 Å². The summed E-state index contributed by atoms with van der Waals surface area (Å²) >= 11 is 0. The first-order chi connectivity index (χ1) is 9.05. The highest BCUT2D eigenvalue weighted by Crippen LogP contribution is 2.36. The van der Waals surface area contributed by atoms with Crippen molar-refractivity contribution in [1.29, 1.82) is 0 Å². The lowest BCUT2D eigenvalue weighted by Gasteiger charge is -2.35. The van der Waals surface area contributed by atoms with Gasteiger partial charge >= 0.3 is 0 Å². The Kier molecular flexibility index (Phi) is 5.06. The highest BCUT2D eigenvalue weighted by molar-refractivity contribution is 4.97. The van der Waals surface area contributed by atoms with Crippen molar-refractivity contribution in [3.05, 3.63) is 24.2 Å². The Balaban J connectivity index is 1.60. The summed E-state index contributed by atoms with van der Waals surface area (Å²) in [6.07, 6.45) is 7.40. The van der Waals surface area contributed by atoms with Crippen LogP contribution in [0.2, 0.25) is 0 Å². The van der Waals surface area contributed by atoms with Crippen LogP contribution < -0.4 is 5.32 Å². The molecule has 0 amide bonds. The molecule has 3 nitrogen and oxygen atoms in total. The Morgan fingerprint density at radius 1 is 1.42 bits per heavy atom. The van der Waals surface area contributed by atoms with Crippen LogP contribution in [0, 0.1) is 5.41 Å². The lowest BCUT2D eigenvalue weighted by atomic mass is 9.76. The number of hydrogen-bond acceptors (Lipinski definition) is 3. The fourth-order valence-corrected chi connectivity index (χ4v) is 2.70. The average molecular weight is 265 g/mol. The van der Waals surface area contributed by atoms with E-state index in [1.807, 2.05) is 12.1 Å². The van der Waals surface area contributed by atoms with Crippen molar-refractivity contribution < 1.29 is 9.15 Å². The zero-order valence-corrected chi connectivity index (χ0v) is 12.4. The average Bonchev–Trinajstić information content (AvgIpc) is 2.85. The molecule has 1 aromatic heterocycles. The molecular weight excluding hydrogens is 238 g/mol. The number of hydrogen-bond donors (Lipinski definition) is 1. The molecule has 0 aliphatic heterocycles. The number of ether oxygens (including phenoxy) is 1. The van der Waals surface area contributed by atoms with Gasteiger partial charge in [-0.15, -0.1) is 0 Å². The topological polar surface area (TPSA) is 34.4 Å². The van der Waals surface area contributed by atoms with Gasteiger partial charge in [0.05, 0.1) is 25.0 Å². The molecule has 0 spiro atoms. The lowest BCUT2D eigenvalue weighted by Crippen LogP contribution is -2.33. The third-order valence-electron chi connectivity index (χ3n) is 4.02. The summed E-state index contributed by atoms with van der Waals surface area (Å²) in [5.74, 6) is 0.978. The maximum Gasteiger partial charge on any atom is 0.117 e. The molecule has 0 bridgehead atoms. The van der Waals surface area contributed by atoms with Gasteiger partial charge in [-0.25, -0.2) is 0 Å². The fourth-order valence-electron chi connectivity index (χ4n) is 2.70. The van der Waals surface area contributed by atoms with E-state index in [1.165, 1.54) is 25.7 Å². The van der Waals surface area contributed by atoms with Gasteiger partial charge in [0, 0.05) is 6.54 Å². The van der Waals surface area contributed by atoms with Gasteiger partial charge < -0.3 is 14.5 Å². The van der Waals surface area contributed by atoms with Gasteiger partial charge in [0.1, 0.15) is 5.76 Å². The van der Waals surface area contributed by atoms with Gasteiger partial charge in [-0.3, -0.25) is 0 Å². The smallest absolute Gasteiger partial charge is 0.117 e. The summed E-state index contributed by atoms with van der Waals surface area (Å²) in [5.41, 5.74) is 0.515. The van der Waals surface area contributed by atoms with Crippen LogP contribution in [0.1, 0.15) is 52.2 Å². The maximum atomic E-state index is 6.11. The highest BCUT2D eigenvalue weighted by Gasteiger charge is 2.27. The first-order valence-electron chi connectivity index (χ1n) is 7.44. The normalized spacial score (nSPS) is 21.4. The Morgan fingerprint density at radius 2 is 2.16 bits per heavy atom. The largest absolute Gasteiger partial charge is 0.468 e. The third-order valence-corrected chi connectivity index (χ3v) is 4.02. The molecule has 1 heterocycles. The zero-order chi connectivity index (χ0) is 13.7. The predicted octanol–water partition coefficient (Wildman–Crippen LogP) is 3.74. The third kappa shape index (κ3) is 5.00. The van der Waals surface area contributed by atoms with Crippen LogP contribution in [-0.4, -0.2) is 18.8 Å². The lowest BCUT2D eigenvalue weighted by molar-refractivity contribution is -0.0366. The molecule has 0 saturated heterocycles. The monoisotopic (exact) mass is 265 g/mol. The zero-order valence-electron chi connectivity index (χ0n) is 12.4. The van der Waals surface area contributed by atoms with Crippen molar-refractivity contribution in [2.75, 3.05) is 6.54 Å². The maximum absolute atomic E-state index is 6.11. The van der Waals surface area contributed by atoms with E-state index in [-0.39, 0.29) is 6.10 Å². The molecule has 2 rings (SSSR count). The molecular formula is C16H27NO2. The first-order valence-corrected chi connectivity index (χ1v) is 7.44. The molecule has 3 heteroatoms. The molecule has 1 aliphatic carbocycles. The van der Waals surface area contributed by atoms with E-state index in [0.717, 1.165) is 18.8 Å². The van der Waals surface area contributed by atoms with Crippen molar-refractivity contribution in [2.24, 2.45) is 5.41 Å². The summed E-state index contributed by atoms with van der Waals surface area (Å²) in [5, 5.41) is 3.37. The molecule has 1 unspecified atom stereocenters. The van der Waals surface area contributed by atoms with Crippen molar-refractivity contribution in [2.45, 2.75) is 65.2 Å². The Bertz CT molecular complexity index is 349. The minimum atomic E-state index is 0.265. The molecule has 1 N–H and O–H groups in total. The molecule has 0 aromatic carbocycles. The summed E-state index contributed by atoms with van der Waals surface area (Å²) in [6, 6.07) is 3.91. The summed E-state index contributed by atoms with van der Waals surface area (Å²) < 4.78 is 11.4. The molecule has 1 aliphatic rings. The van der Waals surface area contributed by atoms with Crippen molar-refractivity contribution in [3.63, 3.8) is 0 Å². The second-order valence-electron chi connectivity index (χ2n) is 6.52. The summed E-state index contributed by atoms with van der Waals surface area (Å²) in [4.78, 5) is 0. The summed E-state index contributed by atoms with van der Waals surface area (Å²) in [7, 11) is 0. The Morgan fingerprint density at radius 3 is 2.79 bits per heavy atom. The molecule has 1 fully saturated rings. The van der Waals surface area contributed by atoms with Crippen LogP contribution in [0.3, 0.4) is 0 Å². The number of rotatable bonds is 6. The first kappa shape index (κ1) is 14.6. The van der Waals surface area contributed by atoms with E-state index in [0.29, 0.717) is 11.5 Å². The van der Waals surface area contributed by atoms with Crippen LogP contribution in [-0.2, 0) is 11.3 Å².